The van der Waals surface area contributed by atoms with Crippen LogP contribution in [0.5, 0.6) is 0 Å². The van der Waals surface area contributed by atoms with Crippen LogP contribution >= 0.6 is 0 Å². The molecule has 3 nitrogen and oxygen atoms in total. The molecule has 1 aliphatic heterocycles. The van der Waals surface area contributed by atoms with E-state index < -0.39 is 0 Å². The number of hydrogen-bond acceptors (Lipinski definition) is 3. The molecular formula is C17H27N3. The Balaban J connectivity index is 1.59. The van der Waals surface area contributed by atoms with Gasteiger partial charge in [0.05, 0.1) is 0 Å². The molecule has 1 atom stereocenters. The minimum atomic E-state index is 0.212. The van der Waals surface area contributed by atoms with E-state index in [-0.39, 0.29) is 5.54 Å². The van der Waals surface area contributed by atoms with E-state index in [4.69, 9.17) is 5.73 Å². The molecule has 1 heterocycles. The Morgan fingerprint density at radius 1 is 1.10 bits per heavy atom. The zero-order valence-electron chi connectivity index (χ0n) is 12.6. The number of hydrogen-bond donors (Lipinski definition) is 1. The molecule has 0 aromatic heterocycles. The Bertz CT molecular complexity index is 421. The Kier molecular flexibility index (Phi) is 3.99. The first kappa shape index (κ1) is 13.9. The molecule has 0 amide bonds. The van der Waals surface area contributed by atoms with Crippen LogP contribution in [-0.4, -0.2) is 43.2 Å². The van der Waals surface area contributed by atoms with Crippen LogP contribution in [0.15, 0.2) is 30.3 Å². The van der Waals surface area contributed by atoms with E-state index in [2.05, 4.69) is 47.1 Å². The van der Waals surface area contributed by atoms with Gasteiger partial charge in [-0.1, -0.05) is 31.0 Å². The average Bonchev–Trinajstić information content (AvgIpc) is 3.32. The van der Waals surface area contributed by atoms with Crippen LogP contribution in [0.3, 0.4) is 0 Å². The SMILES string of the molecule is CC(CN)(CC1CC1)N1CCN(c2ccccc2)CC1. The molecule has 1 saturated carbocycles. The molecule has 0 bridgehead atoms. The fraction of sp³-hybridized carbons (Fsp3) is 0.647. The van der Waals surface area contributed by atoms with Crippen molar-refractivity contribution < 1.29 is 0 Å². The molecule has 3 heteroatoms. The molecule has 20 heavy (non-hydrogen) atoms. The van der Waals surface area contributed by atoms with E-state index in [0.717, 1.165) is 38.6 Å². The van der Waals surface area contributed by atoms with Gasteiger partial charge in [-0.15, -0.1) is 0 Å². The summed E-state index contributed by atoms with van der Waals surface area (Å²) >= 11 is 0. The maximum atomic E-state index is 6.10. The normalized spacial score (nSPS) is 23.6. The summed E-state index contributed by atoms with van der Waals surface area (Å²) in [5, 5.41) is 0. The standard InChI is InChI=1S/C17H27N3/c1-17(14-18,13-15-7-8-15)20-11-9-19(10-12-20)16-5-3-2-4-6-16/h2-6,15H,7-14,18H2,1H3. The maximum Gasteiger partial charge on any atom is 0.0367 e. The van der Waals surface area contributed by atoms with E-state index in [1.165, 1.54) is 24.9 Å². The van der Waals surface area contributed by atoms with Crippen LogP contribution in [0.4, 0.5) is 5.69 Å². The lowest BCUT2D eigenvalue weighted by Crippen LogP contribution is -2.59. The zero-order valence-corrected chi connectivity index (χ0v) is 12.6. The minimum absolute atomic E-state index is 0.212. The van der Waals surface area contributed by atoms with Crippen molar-refractivity contribution in [1.29, 1.82) is 0 Å². The predicted octanol–water partition coefficient (Wildman–Crippen LogP) is 2.33. The minimum Gasteiger partial charge on any atom is -0.369 e. The highest BCUT2D eigenvalue weighted by Gasteiger charge is 2.38. The van der Waals surface area contributed by atoms with Crippen molar-refractivity contribution in [3.63, 3.8) is 0 Å². The molecule has 1 aromatic carbocycles. The molecule has 2 aliphatic rings. The first-order valence-corrected chi connectivity index (χ1v) is 7.96. The van der Waals surface area contributed by atoms with Crippen molar-refractivity contribution in [1.82, 2.24) is 4.90 Å². The number of anilines is 1. The van der Waals surface area contributed by atoms with Gasteiger partial charge in [0.25, 0.3) is 0 Å². The van der Waals surface area contributed by atoms with E-state index in [9.17, 15) is 0 Å². The molecule has 1 aliphatic carbocycles. The highest BCUT2D eigenvalue weighted by molar-refractivity contribution is 5.46. The molecule has 2 N–H and O–H groups in total. The average molecular weight is 273 g/mol. The van der Waals surface area contributed by atoms with Gasteiger partial charge < -0.3 is 10.6 Å². The molecule has 3 rings (SSSR count). The Hall–Kier alpha value is -1.06. The van der Waals surface area contributed by atoms with Gasteiger partial charge in [-0.2, -0.15) is 0 Å². The number of rotatable bonds is 5. The molecular weight excluding hydrogens is 246 g/mol. The summed E-state index contributed by atoms with van der Waals surface area (Å²) in [6.07, 6.45) is 4.12. The van der Waals surface area contributed by atoms with Crippen molar-refractivity contribution in [2.75, 3.05) is 37.6 Å². The molecule has 0 spiro atoms. The van der Waals surface area contributed by atoms with Crippen molar-refractivity contribution in [3.8, 4) is 0 Å². The molecule has 2 fully saturated rings. The second kappa shape index (κ2) is 5.74. The monoisotopic (exact) mass is 273 g/mol. The number of piperazine rings is 1. The molecule has 1 saturated heterocycles. The van der Waals surface area contributed by atoms with Crippen LogP contribution in [0.25, 0.3) is 0 Å². The Morgan fingerprint density at radius 3 is 2.30 bits per heavy atom. The van der Waals surface area contributed by atoms with Crippen molar-refractivity contribution in [2.24, 2.45) is 11.7 Å². The lowest BCUT2D eigenvalue weighted by molar-refractivity contribution is 0.0890. The van der Waals surface area contributed by atoms with Gasteiger partial charge in [0, 0.05) is 44.0 Å². The maximum absolute atomic E-state index is 6.10. The van der Waals surface area contributed by atoms with Gasteiger partial charge in [-0.05, 0) is 31.4 Å². The van der Waals surface area contributed by atoms with Gasteiger partial charge in [0.1, 0.15) is 0 Å². The summed E-state index contributed by atoms with van der Waals surface area (Å²) in [7, 11) is 0. The van der Waals surface area contributed by atoms with E-state index in [1.54, 1.807) is 0 Å². The zero-order chi connectivity index (χ0) is 14.0. The van der Waals surface area contributed by atoms with E-state index >= 15 is 0 Å². The third-order valence-corrected chi connectivity index (χ3v) is 5.03. The summed E-state index contributed by atoms with van der Waals surface area (Å²) in [6.45, 7) is 7.65. The third kappa shape index (κ3) is 2.99. The summed E-state index contributed by atoms with van der Waals surface area (Å²) < 4.78 is 0. The topological polar surface area (TPSA) is 32.5 Å². The Labute approximate surface area is 122 Å². The third-order valence-electron chi connectivity index (χ3n) is 5.03. The highest BCUT2D eigenvalue weighted by atomic mass is 15.3. The van der Waals surface area contributed by atoms with Gasteiger partial charge in [0.2, 0.25) is 0 Å². The first-order chi connectivity index (χ1) is 9.71. The largest absolute Gasteiger partial charge is 0.369 e. The second-order valence-electron chi connectivity index (χ2n) is 6.66. The van der Waals surface area contributed by atoms with Gasteiger partial charge >= 0.3 is 0 Å². The quantitative estimate of drug-likeness (QED) is 0.893. The van der Waals surface area contributed by atoms with E-state index in [0.29, 0.717) is 0 Å². The van der Waals surface area contributed by atoms with Crippen LogP contribution in [0, 0.1) is 5.92 Å². The number of benzene rings is 1. The summed E-state index contributed by atoms with van der Waals surface area (Å²) in [5.41, 5.74) is 7.67. The Morgan fingerprint density at radius 2 is 1.75 bits per heavy atom. The smallest absolute Gasteiger partial charge is 0.0367 e. The second-order valence-corrected chi connectivity index (χ2v) is 6.66. The summed E-state index contributed by atoms with van der Waals surface area (Å²) in [5.74, 6) is 0.940. The lowest BCUT2D eigenvalue weighted by Gasteiger charge is -2.46. The lowest BCUT2D eigenvalue weighted by atomic mass is 9.91. The fourth-order valence-electron chi connectivity index (χ4n) is 3.43. The first-order valence-electron chi connectivity index (χ1n) is 7.96. The molecule has 1 unspecified atom stereocenters. The van der Waals surface area contributed by atoms with Crippen molar-refractivity contribution in [3.05, 3.63) is 30.3 Å². The van der Waals surface area contributed by atoms with Crippen LogP contribution < -0.4 is 10.6 Å². The molecule has 110 valence electrons. The van der Waals surface area contributed by atoms with Gasteiger partial charge in [-0.3, -0.25) is 4.90 Å². The molecule has 0 radical (unpaired) electrons. The van der Waals surface area contributed by atoms with Crippen LogP contribution in [0.1, 0.15) is 26.2 Å². The fourth-order valence-corrected chi connectivity index (χ4v) is 3.43. The number of para-hydroxylation sites is 1. The number of nitrogens with two attached hydrogens (primary N) is 1. The predicted molar refractivity (Wildman–Crippen MR) is 85.0 cm³/mol. The van der Waals surface area contributed by atoms with Crippen molar-refractivity contribution in [2.45, 2.75) is 31.7 Å². The van der Waals surface area contributed by atoms with E-state index in [1.807, 2.05) is 0 Å². The van der Waals surface area contributed by atoms with Crippen molar-refractivity contribution >= 4 is 5.69 Å². The summed E-state index contributed by atoms with van der Waals surface area (Å²) in [6, 6.07) is 10.8. The highest BCUT2D eigenvalue weighted by Crippen LogP contribution is 2.38. The van der Waals surface area contributed by atoms with Gasteiger partial charge in [0.15, 0.2) is 0 Å². The molecule has 1 aromatic rings. The van der Waals surface area contributed by atoms with Gasteiger partial charge in [-0.25, -0.2) is 0 Å². The van der Waals surface area contributed by atoms with Crippen LogP contribution in [-0.2, 0) is 0 Å². The number of nitrogens with zero attached hydrogens (tertiary/aromatic N) is 2. The van der Waals surface area contributed by atoms with Crippen LogP contribution in [0.2, 0.25) is 0 Å². The summed E-state index contributed by atoms with van der Waals surface area (Å²) in [4.78, 5) is 5.12.